The molecule has 24 heavy (non-hydrogen) atoms. The summed E-state index contributed by atoms with van der Waals surface area (Å²) in [6.07, 6.45) is 7.66. The van der Waals surface area contributed by atoms with Crippen LogP contribution in [0, 0.1) is 11.8 Å². The van der Waals surface area contributed by atoms with Gasteiger partial charge in [-0.2, -0.15) is 0 Å². The Kier molecular flexibility index (Phi) is 4.83. The molecule has 2 saturated carbocycles. The van der Waals surface area contributed by atoms with Crippen molar-refractivity contribution >= 4 is 17.8 Å². The summed E-state index contributed by atoms with van der Waals surface area (Å²) in [5.41, 5.74) is -0.748. The van der Waals surface area contributed by atoms with Gasteiger partial charge in [0.05, 0.1) is 0 Å². The number of rotatable bonds is 3. The molecule has 6 nitrogen and oxygen atoms in total. The number of amides is 4. The fraction of sp³-hybridized carbons (Fsp3) is 0.833. The molecule has 0 aromatic rings. The normalized spacial score (nSPS) is 32.8. The van der Waals surface area contributed by atoms with Gasteiger partial charge in [0.1, 0.15) is 12.1 Å². The molecule has 6 heteroatoms. The number of carbonyl (C=O) groups is 3. The van der Waals surface area contributed by atoms with Gasteiger partial charge >= 0.3 is 6.03 Å². The van der Waals surface area contributed by atoms with E-state index in [-0.39, 0.29) is 24.4 Å². The number of carbonyl (C=O) groups excluding carboxylic acids is 3. The molecule has 1 spiro atoms. The van der Waals surface area contributed by atoms with Gasteiger partial charge in [-0.3, -0.25) is 14.5 Å². The van der Waals surface area contributed by atoms with Crippen molar-refractivity contribution in [3.63, 3.8) is 0 Å². The summed E-state index contributed by atoms with van der Waals surface area (Å²) in [7, 11) is 0. The highest BCUT2D eigenvalue weighted by Gasteiger charge is 2.51. The van der Waals surface area contributed by atoms with Gasteiger partial charge in [-0.25, -0.2) is 4.79 Å². The quantitative estimate of drug-likeness (QED) is 0.776. The number of imide groups is 1. The zero-order valence-corrected chi connectivity index (χ0v) is 14.8. The van der Waals surface area contributed by atoms with Crippen LogP contribution < -0.4 is 10.6 Å². The lowest BCUT2D eigenvalue weighted by atomic mass is 9.78. The van der Waals surface area contributed by atoms with Gasteiger partial charge in [0, 0.05) is 6.04 Å². The minimum absolute atomic E-state index is 0.144. The van der Waals surface area contributed by atoms with Crippen LogP contribution in [0.25, 0.3) is 0 Å². The zero-order valence-electron chi connectivity index (χ0n) is 14.8. The first-order valence-corrected chi connectivity index (χ1v) is 9.36. The minimum Gasteiger partial charge on any atom is -0.352 e. The lowest BCUT2D eigenvalue weighted by Gasteiger charge is -2.35. The largest absolute Gasteiger partial charge is 0.352 e. The highest BCUT2D eigenvalue weighted by molar-refractivity contribution is 6.09. The van der Waals surface area contributed by atoms with Crippen molar-refractivity contribution in [3.8, 4) is 0 Å². The van der Waals surface area contributed by atoms with Crippen LogP contribution in [0.5, 0.6) is 0 Å². The predicted molar refractivity (Wildman–Crippen MR) is 90.2 cm³/mol. The molecule has 2 aliphatic carbocycles. The van der Waals surface area contributed by atoms with Gasteiger partial charge < -0.3 is 10.6 Å². The maximum atomic E-state index is 12.7. The SMILES string of the molecule is C[C@@H]1[C@H](C)CCC[C@H]1NC(=O)CN1C(=O)NC2(CCCCC2)C1=O. The molecule has 134 valence electrons. The molecule has 0 bridgehead atoms. The molecular weight excluding hydrogens is 306 g/mol. The molecule has 3 atom stereocenters. The van der Waals surface area contributed by atoms with Crippen molar-refractivity contribution in [1.29, 1.82) is 0 Å². The van der Waals surface area contributed by atoms with Gasteiger partial charge in [0.2, 0.25) is 5.91 Å². The Balaban J connectivity index is 1.60. The topological polar surface area (TPSA) is 78.5 Å². The summed E-state index contributed by atoms with van der Waals surface area (Å²) >= 11 is 0. The number of nitrogens with zero attached hydrogens (tertiary/aromatic N) is 1. The molecule has 1 aliphatic heterocycles. The van der Waals surface area contributed by atoms with Crippen LogP contribution in [0.1, 0.15) is 65.2 Å². The number of hydrogen-bond donors (Lipinski definition) is 2. The number of hydrogen-bond acceptors (Lipinski definition) is 3. The molecule has 1 saturated heterocycles. The summed E-state index contributed by atoms with van der Waals surface area (Å²) in [6, 6.07) is -0.271. The number of nitrogens with one attached hydrogen (secondary N) is 2. The average molecular weight is 335 g/mol. The molecule has 0 aromatic carbocycles. The van der Waals surface area contributed by atoms with Crippen LogP contribution in [-0.4, -0.2) is 40.9 Å². The van der Waals surface area contributed by atoms with E-state index in [1.54, 1.807) is 0 Å². The molecule has 0 aromatic heterocycles. The highest BCUT2D eigenvalue weighted by Crippen LogP contribution is 2.33. The first-order chi connectivity index (χ1) is 11.4. The zero-order chi connectivity index (χ0) is 17.3. The average Bonchev–Trinajstić information content (AvgIpc) is 2.77. The maximum absolute atomic E-state index is 12.7. The van der Waals surface area contributed by atoms with Crippen LogP contribution in [0.15, 0.2) is 0 Å². The Morgan fingerprint density at radius 1 is 1.17 bits per heavy atom. The molecule has 4 amide bonds. The second-order valence-corrected chi connectivity index (χ2v) is 7.91. The van der Waals surface area contributed by atoms with Crippen molar-refractivity contribution in [2.45, 2.75) is 76.8 Å². The minimum atomic E-state index is -0.748. The standard InChI is InChI=1S/C18H29N3O3/c1-12-7-6-8-14(13(12)2)19-15(22)11-21-16(23)18(20-17(21)24)9-4-3-5-10-18/h12-14H,3-11H2,1-2H3,(H,19,22)(H,20,24)/t12-,13-,14-/m1/s1. The van der Waals surface area contributed by atoms with Gasteiger partial charge in [-0.1, -0.05) is 46.0 Å². The van der Waals surface area contributed by atoms with E-state index >= 15 is 0 Å². The van der Waals surface area contributed by atoms with Crippen molar-refractivity contribution in [3.05, 3.63) is 0 Å². The Morgan fingerprint density at radius 3 is 2.58 bits per heavy atom. The second-order valence-electron chi connectivity index (χ2n) is 7.91. The van der Waals surface area contributed by atoms with E-state index in [0.717, 1.165) is 37.0 Å². The third kappa shape index (κ3) is 3.15. The molecule has 3 rings (SSSR count). The molecule has 0 unspecified atom stereocenters. The van der Waals surface area contributed by atoms with Crippen LogP contribution in [0.4, 0.5) is 4.79 Å². The fourth-order valence-electron chi connectivity index (χ4n) is 4.50. The Labute approximate surface area is 143 Å². The van der Waals surface area contributed by atoms with Crippen LogP contribution in [0.3, 0.4) is 0 Å². The lowest BCUT2D eigenvalue weighted by molar-refractivity contribution is -0.136. The number of urea groups is 1. The second kappa shape index (κ2) is 6.73. The predicted octanol–water partition coefficient (Wildman–Crippen LogP) is 2.18. The van der Waals surface area contributed by atoms with Gasteiger partial charge in [0.15, 0.2) is 0 Å². The van der Waals surface area contributed by atoms with E-state index in [1.165, 1.54) is 6.42 Å². The van der Waals surface area contributed by atoms with Crippen molar-refractivity contribution in [2.24, 2.45) is 11.8 Å². The van der Waals surface area contributed by atoms with E-state index in [2.05, 4.69) is 24.5 Å². The first kappa shape index (κ1) is 17.2. The summed E-state index contributed by atoms with van der Waals surface area (Å²) in [4.78, 5) is 38.4. The van der Waals surface area contributed by atoms with Gasteiger partial charge in [0.25, 0.3) is 5.91 Å². The smallest absolute Gasteiger partial charge is 0.325 e. The third-order valence-corrected chi connectivity index (χ3v) is 6.31. The summed E-state index contributed by atoms with van der Waals surface area (Å²) in [6.45, 7) is 4.22. The lowest BCUT2D eigenvalue weighted by Crippen LogP contribution is -2.50. The molecule has 3 fully saturated rings. The van der Waals surface area contributed by atoms with E-state index < -0.39 is 11.6 Å². The van der Waals surface area contributed by atoms with E-state index in [0.29, 0.717) is 24.7 Å². The van der Waals surface area contributed by atoms with Crippen LogP contribution in [-0.2, 0) is 9.59 Å². The third-order valence-electron chi connectivity index (χ3n) is 6.31. The van der Waals surface area contributed by atoms with Crippen molar-refractivity contribution in [1.82, 2.24) is 15.5 Å². The summed E-state index contributed by atoms with van der Waals surface area (Å²) in [5, 5.41) is 5.90. The Hall–Kier alpha value is -1.59. The summed E-state index contributed by atoms with van der Waals surface area (Å²) < 4.78 is 0. The molecule has 0 radical (unpaired) electrons. The van der Waals surface area contributed by atoms with E-state index in [4.69, 9.17) is 0 Å². The fourth-order valence-corrected chi connectivity index (χ4v) is 4.50. The molecule has 3 aliphatic rings. The summed E-state index contributed by atoms with van der Waals surface area (Å²) in [5.74, 6) is 0.575. The van der Waals surface area contributed by atoms with Gasteiger partial charge in [-0.05, 0) is 31.1 Å². The molecular formula is C18H29N3O3. The van der Waals surface area contributed by atoms with E-state index in [9.17, 15) is 14.4 Å². The molecule has 1 heterocycles. The highest BCUT2D eigenvalue weighted by atomic mass is 16.2. The monoisotopic (exact) mass is 335 g/mol. The van der Waals surface area contributed by atoms with E-state index in [1.807, 2.05) is 0 Å². The Bertz CT molecular complexity index is 528. The maximum Gasteiger partial charge on any atom is 0.325 e. The van der Waals surface area contributed by atoms with Crippen LogP contribution >= 0.6 is 0 Å². The van der Waals surface area contributed by atoms with Crippen molar-refractivity contribution < 1.29 is 14.4 Å². The van der Waals surface area contributed by atoms with Crippen LogP contribution in [0.2, 0.25) is 0 Å². The Morgan fingerprint density at radius 2 is 1.88 bits per heavy atom. The first-order valence-electron chi connectivity index (χ1n) is 9.36. The van der Waals surface area contributed by atoms with Crippen molar-refractivity contribution in [2.75, 3.05) is 6.54 Å². The van der Waals surface area contributed by atoms with Gasteiger partial charge in [-0.15, -0.1) is 0 Å². The molecule has 2 N–H and O–H groups in total.